The lowest BCUT2D eigenvalue weighted by Gasteiger charge is -2.28. The van der Waals surface area contributed by atoms with Crippen molar-refractivity contribution in [2.75, 3.05) is 63.0 Å². The molecule has 0 bridgehead atoms. The predicted molar refractivity (Wildman–Crippen MR) is 189 cm³/mol. The summed E-state index contributed by atoms with van der Waals surface area (Å²) in [6.45, 7) is 23.7. The Morgan fingerprint density at radius 1 is 0.860 bits per heavy atom. The van der Waals surface area contributed by atoms with E-state index in [2.05, 4.69) is 92.3 Å². The summed E-state index contributed by atoms with van der Waals surface area (Å²) in [5, 5.41) is 24.6. The van der Waals surface area contributed by atoms with Crippen LogP contribution in [0, 0.1) is 0 Å². The molecule has 1 unspecified atom stereocenters. The molecule has 0 amide bonds. The van der Waals surface area contributed by atoms with Crippen LogP contribution in [0.4, 0.5) is 11.4 Å². The maximum Gasteiger partial charge on any atom is 0.101 e. The Labute approximate surface area is 262 Å². The average molecular weight is 593 g/mol. The Morgan fingerprint density at radius 3 is 2.09 bits per heavy atom. The van der Waals surface area contributed by atoms with E-state index < -0.39 is 0 Å². The number of amidine groups is 1. The molecule has 3 rings (SSSR count). The van der Waals surface area contributed by atoms with E-state index in [4.69, 9.17) is 0 Å². The van der Waals surface area contributed by atoms with Gasteiger partial charge >= 0.3 is 0 Å². The topological polar surface area (TPSA) is 96.6 Å². The number of nitrogens with one attached hydrogen (secondary N) is 7. The highest BCUT2D eigenvalue weighted by atomic mass is 15.1. The minimum Gasteiger partial charge on any atom is -0.389 e. The molecule has 0 radical (unpaired) electrons. The van der Waals surface area contributed by atoms with Gasteiger partial charge in [-0.3, -0.25) is 4.99 Å². The molecule has 2 heterocycles. The summed E-state index contributed by atoms with van der Waals surface area (Å²) in [4.78, 5) is 4.51. The van der Waals surface area contributed by atoms with E-state index in [1.54, 1.807) is 6.08 Å². The maximum absolute atomic E-state index is 4.51. The monoisotopic (exact) mass is 592 g/mol. The Kier molecular flexibility index (Phi) is 19.4. The minimum absolute atomic E-state index is 0.450. The number of hydrogen-bond donors (Lipinski definition) is 7. The van der Waals surface area contributed by atoms with Crippen LogP contribution >= 0.6 is 0 Å². The summed E-state index contributed by atoms with van der Waals surface area (Å²) in [5.41, 5.74) is 5.84. The number of nitrogens with zero attached hydrogens (tertiary/aromatic N) is 1. The van der Waals surface area contributed by atoms with Gasteiger partial charge in [-0.15, -0.1) is 6.58 Å². The van der Waals surface area contributed by atoms with Crippen LogP contribution in [0.1, 0.15) is 71.6 Å². The van der Waals surface area contributed by atoms with Crippen molar-refractivity contribution in [2.45, 2.75) is 77.7 Å². The Hall–Kier alpha value is -3.23. The fourth-order valence-electron chi connectivity index (χ4n) is 4.87. The van der Waals surface area contributed by atoms with Crippen molar-refractivity contribution < 1.29 is 0 Å². The van der Waals surface area contributed by atoms with E-state index in [9.17, 15) is 0 Å². The lowest BCUT2D eigenvalue weighted by atomic mass is 10.1. The summed E-state index contributed by atoms with van der Waals surface area (Å²) < 4.78 is 0. The van der Waals surface area contributed by atoms with Crippen molar-refractivity contribution >= 4 is 17.2 Å². The van der Waals surface area contributed by atoms with Crippen LogP contribution in [-0.4, -0.2) is 64.2 Å². The largest absolute Gasteiger partial charge is 0.389 e. The zero-order valence-corrected chi connectivity index (χ0v) is 27.1. The number of unbranched alkanes of at least 4 members (excludes halogenated alkanes) is 2. The molecule has 0 saturated carbocycles. The summed E-state index contributed by atoms with van der Waals surface area (Å²) >= 11 is 0. The summed E-state index contributed by atoms with van der Waals surface area (Å²) in [6, 6.07) is 8.86. The molecule has 0 saturated heterocycles. The summed E-state index contributed by atoms with van der Waals surface area (Å²) in [7, 11) is 0. The highest BCUT2D eigenvalue weighted by Gasteiger charge is 2.16. The molecule has 1 aromatic rings. The quantitative estimate of drug-likeness (QED) is 0.0667. The van der Waals surface area contributed by atoms with E-state index >= 15 is 0 Å². The Bertz CT molecular complexity index is 999. The second kappa shape index (κ2) is 23.3. The third-order valence-electron chi connectivity index (χ3n) is 7.40. The van der Waals surface area contributed by atoms with Crippen LogP contribution in [0.15, 0.2) is 78.2 Å². The summed E-state index contributed by atoms with van der Waals surface area (Å²) in [6.07, 6.45) is 13.8. The average Bonchev–Trinajstić information content (AvgIpc) is 3.49. The van der Waals surface area contributed by atoms with Gasteiger partial charge in [-0.25, -0.2) is 0 Å². The van der Waals surface area contributed by atoms with E-state index in [-0.39, 0.29) is 0 Å². The molecule has 0 spiro atoms. The smallest absolute Gasteiger partial charge is 0.101 e. The fraction of sp³-hybridized carbons (Fsp3) is 0.571. The molecule has 8 heteroatoms. The van der Waals surface area contributed by atoms with Crippen LogP contribution < -0.4 is 37.2 Å². The molecule has 7 N–H and O–H groups in total. The molecule has 8 nitrogen and oxygen atoms in total. The van der Waals surface area contributed by atoms with E-state index in [0.29, 0.717) is 6.04 Å². The first-order chi connectivity index (χ1) is 21.0. The van der Waals surface area contributed by atoms with Crippen molar-refractivity contribution in [3.63, 3.8) is 0 Å². The molecule has 0 aliphatic carbocycles. The van der Waals surface area contributed by atoms with Gasteiger partial charge in [0.2, 0.25) is 0 Å². The molecule has 0 fully saturated rings. The number of benzene rings is 1. The van der Waals surface area contributed by atoms with Crippen molar-refractivity contribution in [2.24, 2.45) is 4.99 Å². The first-order valence-corrected chi connectivity index (χ1v) is 16.4. The zero-order valence-electron chi connectivity index (χ0n) is 27.1. The highest BCUT2D eigenvalue weighted by Crippen LogP contribution is 2.26. The van der Waals surface area contributed by atoms with Crippen LogP contribution in [0.2, 0.25) is 0 Å². The molecule has 0 aromatic heterocycles. The van der Waals surface area contributed by atoms with Crippen molar-refractivity contribution in [3.05, 3.63) is 73.2 Å². The van der Waals surface area contributed by atoms with Gasteiger partial charge in [0, 0.05) is 49.2 Å². The molecular weight excluding hydrogens is 532 g/mol. The lowest BCUT2D eigenvalue weighted by molar-refractivity contribution is 0.550. The van der Waals surface area contributed by atoms with Crippen molar-refractivity contribution in [3.8, 4) is 0 Å². The van der Waals surface area contributed by atoms with Crippen molar-refractivity contribution in [1.29, 1.82) is 0 Å². The Morgan fingerprint density at radius 2 is 1.47 bits per heavy atom. The van der Waals surface area contributed by atoms with Gasteiger partial charge in [-0.2, -0.15) is 0 Å². The number of hydrogen-bond acceptors (Lipinski definition) is 8. The minimum atomic E-state index is 0.450. The maximum atomic E-state index is 4.51. The van der Waals surface area contributed by atoms with Gasteiger partial charge in [0.1, 0.15) is 5.84 Å². The number of anilines is 2. The van der Waals surface area contributed by atoms with E-state index in [0.717, 1.165) is 108 Å². The molecule has 2 aliphatic rings. The number of allylic oxidation sites excluding steroid dienone is 4. The number of para-hydroxylation sites is 2. The number of fused-ring (bicyclic) bond motifs is 1. The highest BCUT2D eigenvalue weighted by molar-refractivity contribution is 5.86. The molecule has 1 aromatic carbocycles. The second-order valence-corrected chi connectivity index (χ2v) is 11.2. The molecular formula is C35H60N8. The normalized spacial score (nSPS) is 16.0. The predicted octanol–water partition coefficient (Wildman–Crippen LogP) is 5.89. The molecule has 1 atom stereocenters. The lowest BCUT2D eigenvalue weighted by Crippen LogP contribution is -2.33. The first-order valence-electron chi connectivity index (χ1n) is 16.4. The number of rotatable bonds is 22. The molecule has 2 aliphatic heterocycles. The van der Waals surface area contributed by atoms with Gasteiger partial charge in [0.05, 0.1) is 17.9 Å². The molecule has 240 valence electrons. The first kappa shape index (κ1) is 36.0. The fourth-order valence-corrected chi connectivity index (χ4v) is 4.87. The third-order valence-corrected chi connectivity index (χ3v) is 7.40. The molecule has 43 heavy (non-hydrogen) atoms. The van der Waals surface area contributed by atoms with Crippen LogP contribution in [0.3, 0.4) is 0 Å². The second-order valence-electron chi connectivity index (χ2n) is 11.2. The third kappa shape index (κ3) is 16.9. The Balaban J connectivity index is 0.00000206. The SMILES string of the molecule is C=C(CCC1=NC/C(=C\C)N1)NCCCNCCCCCNCCCNC(=C)CCC1CNc2ccccc2N1.C=CC. The van der Waals surface area contributed by atoms with Gasteiger partial charge < -0.3 is 37.2 Å². The van der Waals surface area contributed by atoms with Gasteiger partial charge in [0.15, 0.2) is 0 Å². The van der Waals surface area contributed by atoms with Gasteiger partial charge in [-0.05, 0) is 97.1 Å². The zero-order chi connectivity index (χ0) is 31.0. The van der Waals surface area contributed by atoms with E-state index in [1.807, 2.05) is 13.8 Å². The standard InChI is InChI=1S/C32H54N8.C3H6/c1-4-28-24-38-32(40-28)17-15-27(3)36-23-11-21-34-19-9-5-8-18-33-20-10-22-35-26(2)14-16-29-25-37-30-12-6-7-13-31(30)39-29;1-3-2/h4,6-7,12-13,29,33-37,39H,2-3,5,8-11,14-25H2,1H3,(H,38,40);3H,1H2,2H3/b28-4+;. The van der Waals surface area contributed by atoms with E-state index in [1.165, 1.54) is 36.3 Å². The van der Waals surface area contributed by atoms with Crippen LogP contribution in [0.25, 0.3) is 0 Å². The van der Waals surface area contributed by atoms with Crippen LogP contribution in [0.5, 0.6) is 0 Å². The van der Waals surface area contributed by atoms with Gasteiger partial charge in [0.25, 0.3) is 0 Å². The van der Waals surface area contributed by atoms with Crippen molar-refractivity contribution in [1.82, 2.24) is 26.6 Å². The summed E-state index contributed by atoms with van der Waals surface area (Å²) in [5.74, 6) is 1.08. The van der Waals surface area contributed by atoms with Gasteiger partial charge in [-0.1, -0.05) is 43.9 Å². The van der Waals surface area contributed by atoms with Crippen LogP contribution in [-0.2, 0) is 0 Å². The number of aliphatic imine (C=N–C) groups is 1.